The van der Waals surface area contributed by atoms with Crippen molar-refractivity contribution in [2.24, 2.45) is 23.7 Å². The van der Waals surface area contributed by atoms with Crippen molar-refractivity contribution in [1.82, 2.24) is 10.2 Å². The van der Waals surface area contributed by atoms with Crippen LogP contribution in [0.1, 0.15) is 59.3 Å². The second kappa shape index (κ2) is 6.36. The number of piperazine rings is 1. The van der Waals surface area contributed by atoms with Crippen molar-refractivity contribution in [3.05, 3.63) is 0 Å². The SMILES string of the molecule is CC1CCC(CN2CC(C3CC3)NCC2C(C)C)CC1. The first-order valence-corrected chi connectivity index (χ1v) is 9.11. The number of rotatable bonds is 4. The summed E-state index contributed by atoms with van der Waals surface area (Å²) in [6, 6.07) is 1.57. The van der Waals surface area contributed by atoms with E-state index in [0.29, 0.717) is 0 Å². The molecule has 116 valence electrons. The van der Waals surface area contributed by atoms with Gasteiger partial charge < -0.3 is 5.32 Å². The fraction of sp³-hybridized carbons (Fsp3) is 1.00. The number of nitrogens with one attached hydrogen (secondary N) is 1. The lowest BCUT2D eigenvalue weighted by molar-refractivity contribution is 0.0659. The highest BCUT2D eigenvalue weighted by Crippen LogP contribution is 2.36. The molecule has 20 heavy (non-hydrogen) atoms. The molecule has 2 unspecified atom stereocenters. The van der Waals surface area contributed by atoms with Gasteiger partial charge in [0.2, 0.25) is 0 Å². The minimum absolute atomic E-state index is 0.768. The number of nitrogens with zero attached hydrogens (tertiary/aromatic N) is 1. The van der Waals surface area contributed by atoms with Gasteiger partial charge in [0.15, 0.2) is 0 Å². The van der Waals surface area contributed by atoms with Crippen LogP contribution in [0.2, 0.25) is 0 Å². The van der Waals surface area contributed by atoms with Crippen LogP contribution >= 0.6 is 0 Å². The summed E-state index contributed by atoms with van der Waals surface area (Å²) < 4.78 is 0. The van der Waals surface area contributed by atoms with Gasteiger partial charge in [0, 0.05) is 31.7 Å². The third-order valence-corrected chi connectivity index (χ3v) is 6.08. The lowest BCUT2D eigenvalue weighted by Gasteiger charge is -2.44. The molecule has 0 aromatic heterocycles. The smallest absolute Gasteiger partial charge is 0.0244 e. The average Bonchev–Trinajstić information content (AvgIpc) is 3.25. The summed E-state index contributed by atoms with van der Waals surface area (Å²) >= 11 is 0. The van der Waals surface area contributed by atoms with E-state index >= 15 is 0 Å². The molecular weight excluding hydrogens is 244 g/mol. The predicted octanol–water partition coefficient (Wildman–Crippen LogP) is 3.52. The Labute approximate surface area is 125 Å². The van der Waals surface area contributed by atoms with Crippen molar-refractivity contribution in [1.29, 1.82) is 0 Å². The van der Waals surface area contributed by atoms with Crippen LogP contribution in [0.25, 0.3) is 0 Å². The highest BCUT2D eigenvalue weighted by atomic mass is 15.2. The van der Waals surface area contributed by atoms with Crippen LogP contribution < -0.4 is 5.32 Å². The average molecular weight is 278 g/mol. The van der Waals surface area contributed by atoms with Gasteiger partial charge in [-0.2, -0.15) is 0 Å². The lowest BCUT2D eigenvalue weighted by Crippen LogP contribution is -2.59. The van der Waals surface area contributed by atoms with Crippen LogP contribution in [0.3, 0.4) is 0 Å². The van der Waals surface area contributed by atoms with Crippen molar-refractivity contribution in [2.75, 3.05) is 19.6 Å². The first-order chi connectivity index (χ1) is 9.63. The summed E-state index contributed by atoms with van der Waals surface area (Å²) in [5, 5.41) is 3.85. The highest BCUT2D eigenvalue weighted by molar-refractivity contribution is 4.95. The first-order valence-electron chi connectivity index (χ1n) is 9.11. The van der Waals surface area contributed by atoms with Crippen molar-refractivity contribution >= 4 is 0 Å². The van der Waals surface area contributed by atoms with Crippen LogP contribution in [0, 0.1) is 23.7 Å². The van der Waals surface area contributed by atoms with Crippen LogP contribution in [0.5, 0.6) is 0 Å². The monoisotopic (exact) mass is 278 g/mol. The molecule has 1 aliphatic heterocycles. The molecule has 0 aromatic rings. The largest absolute Gasteiger partial charge is 0.311 e. The Kier molecular flexibility index (Phi) is 4.72. The van der Waals surface area contributed by atoms with E-state index in [9.17, 15) is 0 Å². The normalized spacial score (nSPS) is 40.2. The molecule has 1 heterocycles. The summed E-state index contributed by atoms with van der Waals surface area (Å²) in [5.74, 6) is 3.74. The zero-order valence-electron chi connectivity index (χ0n) is 13.8. The molecule has 0 spiro atoms. The molecule has 3 aliphatic rings. The molecule has 2 aliphatic carbocycles. The zero-order valence-corrected chi connectivity index (χ0v) is 13.8. The maximum absolute atomic E-state index is 3.85. The van der Waals surface area contributed by atoms with Crippen molar-refractivity contribution in [3.63, 3.8) is 0 Å². The quantitative estimate of drug-likeness (QED) is 0.846. The molecule has 2 heteroatoms. The van der Waals surface area contributed by atoms with Gasteiger partial charge in [-0.3, -0.25) is 4.90 Å². The van der Waals surface area contributed by atoms with Crippen molar-refractivity contribution < 1.29 is 0 Å². The zero-order chi connectivity index (χ0) is 14.1. The summed E-state index contributed by atoms with van der Waals surface area (Å²) in [5.41, 5.74) is 0. The summed E-state index contributed by atoms with van der Waals surface area (Å²) in [4.78, 5) is 2.87. The Bertz CT molecular complexity index is 303. The predicted molar refractivity (Wildman–Crippen MR) is 85.8 cm³/mol. The Balaban J connectivity index is 1.57. The van der Waals surface area contributed by atoms with E-state index in [1.54, 1.807) is 0 Å². The van der Waals surface area contributed by atoms with Gasteiger partial charge in [0.05, 0.1) is 0 Å². The van der Waals surface area contributed by atoms with E-state index in [-0.39, 0.29) is 0 Å². The van der Waals surface area contributed by atoms with Gasteiger partial charge in [-0.25, -0.2) is 0 Å². The fourth-order valence-corrected chi connectivity index (χ4v) is 4.38. The van der Waals surface area contributed by atoms with E-state index in [1.165, 1.54) is 58.2 Å². The van der Waals surface area contributed by atoms with Crippen molar-refractivity contribution in [2.45, 2.75) is 71.4 Å². The molecule has 2 atom stereocenters. The maximum Gasteiger partial charge on any atom is 0.0244 e. The highest BCUT2D eigenvalue weighted by Gasteiger charge is 2.38. The van der Waals surface area contributed by atoms with Gasteiger partial charge in [0.1, 0.15) is 0 Å². The van der Waals surface area contributed by atoms with Crippen LogP contribution in [0.15, 0.2) is 0 Å². The second-order valence-corrected chi connectivity index (χ2v) is 8.24. The summed E-state index contributed by atoms with van der Waals surface area (Å²) in [6.07, 6.45) is 8.83. The molecule has 0 amide bonds. The van der Waals surface area contributed by atoms with Crippen LogP contribution in [-0.4, -0.2) is 36.6 Å². The molecule has 1 N–H and O–H groups in total. The van der Waals surface area contributed by atoms with Gasteiger partial charge >= 0.3 is 0 Å². The molecule has 0 aromatic carbocycles. The topological polar surface area (TPSA) is 15.3 Å². The Morgan fingerprint density at radius 1 is 1.05 bits per heavy atom. The number of hydrogen-bond donors (Lipinski definition) is 1. The molecule has 1 saturated heterocycles. The maximum atomic E-state index is 3.85. The molecule has 3 fully saturated rings. The van der Waals surface area contributed by atoms with Gasteiger partial charge in [-0.1, -0.05) is 33.6 Å². The standard InChI is InChI=1S/C18H34N2/c1-13(2)18-10-19-17(16-8-9-16)12-20(18)11-15-6-4-14(3)5-7-15/h13-19H,4-12H2,1-3H3. The molecule has 0 bridgehead atoms. The minimum atomic E-state index is 0.768. The Morgan fingerprint density at radius 3 is 2.35 bits per heavy atom. The lowest BCUT2D eigenvalue weighted by atomic mass is 9.82. The van der Waals surface area contributed by atoms with E-state index in [4.69, 9.17) is 0 Å². The third-order valence-electron chi connectivity index (χ3n) is 6.08. The second-order valence-electron chi connectivity index (χ2n) is 8.24. The van der Waals surface area contributed by atoms with Crippen molar-refractivity contribution in [3.8, 4) is 0 Å². The molecular formula is C18H34N2. The first kappa shape index (κ1) is 14.8. The summed E-state index contributed by atoms with van der Waals surface area (Å²) in [7, 11) is 0. The van der Waals surface area contributed by atoms with Gasteiger partial charge in [-0.05, 0) is 49.4 Å². The van der Waals surface area contributed by atoms with E-state index in [1.807, 2.05) is 0 Å². The van der Waals surface area contributed by atoms with Crippen LogP contribution in [-0.2, 0) is 0 Å². The molecule has 2 nitrogen and oxygen atoms in total. The van der Waals surface area contributed by atoms with Crippen LogP contribution in [0.4, 0.5) is 0 Å². The molecule has 2 saturated carbocycles. The molecule has 0 radical (unpaired) electrons. The fourth-order valence-electron chi connectivity index (χ4n) is 4.38. The van der Waals surface area contributed by atoms with E-state index in [2.05, 4.69) is 31.0 Å². The van der Waals surface area contributed by atoms with Gasteiger partial charge in [0.25, 0.3) is 0 Å². The van der Waals surface area contributed by atoms with Gasteiger partial charge in [-0.15, -0.1) is 0 Å². The number of hydrogen-bond acceptors (Lipinski definition) is 2. The summed E-state index contributed by atoms with van der Waals surface area (Å²) in [6.45, 7) is 11.2. The minimum Gasteiger partial charge on any atom is -0.311 e. The Hall–Kier alpha value is -0.0800. The van der Waals surface area contributed by atoms with E-state index in [0.717, 1.165) is 35.8 Å². The third kappa shape index (κ3) is 3.57. The Morgan fingerprint density at radius 2 is 1.75 bits per heavy atom. The molecule has 3 rings (SSSR count). The van der Waals surface area contributed by atoms with E-state index < -0.39 is 0 Å².